The molecule has 2 atom stereocenters. The van der Waals surface area contributed by atoms with Crippen molar-refractivity contribution in [2.75, 3.05) is 46.9 Å². The Morgan fingerprint density at radius 3 is 2.43 bits per heavy atom. The number of carbonyl (C=O) groups excluding carboxylic acids is 4. The maximum absolute atomic E-state index is 14.5. The number of thioether (sulfide) groups is 1. The van der Waals surface area contributed by atoms with Crippen LogP contribution in [0.3, 0.4) is 0 Å². The minimum absolute atomic E-state index is 0.129. The van der Waals surface area contributed by atoms with Crippen molar-refractivity contribution in [1.29, 1.82) is 0 Å². The molecule has 2 aliphatic heterocycles. The smallest absolute Gasteiger partial charge is 0.303 e. The van der Waals surface area contributed by atoms with Crippen molar-refractivity contribution < 1.29 is 33.4 Å². The molecule has 12 nitrogen and oxygen atoms in total. The molecule has 56 heavy (non-hydrogen) atoms. The van der Waals surface area contributed by atoms with E-state index in [0.29, 0.717) is 55.5 Å². The van der Waals surface area contributed by atoms with E-state index in [-0.39, 0.29) is 24.3 Å². The van der Waals surface area contributed by atoms with E-state index in [9.17, 15) is 19.2 Å². The number of nitrogens with one attached hydrogen (secondary N) is 2. The number of rotatable bonds is 14. The number of hydrogen-bond donors (Lipinski definition) is 2. The van der Waals surface area contributed by atoms with Crippen molar-refractivity contribution >= 4 is 68.4 Å². The monoisotopic (exact) mass is 797 g/mol. The molecular formula is C42H44ClN5O7S. The molecular weight excluding hydrogens is 754 g/mol. The molecule has 0 aromatic heterocycles. The zero-order valence-corrected chi connectivity index (χ0v) is 33.2. The highest BCUT2D eigenvalue weighted by Gasteiger charge is 2.41. The first-order valence-corrected chi connectivity index (χ1v) is 19.5. The van der Waals surface area contributed by atoms with Gasteiger partial charge in [0.2, 0.25) is 5.91 Å². The summed E-state index contributed by atoms with van der Waals surface area (Å²) < 4.78 is 16.9. The van der Waals surface area contributed by atoms with Crippen LogP contribution in [0.5, 0.6) is 11.5 Å². The highest BCUT2D eigenvalue weighted by atomic mass is 35.5. The van der Waals surface area contributed by atoms with Gasteiger partial charge in [-0.25, -0.2) is 5.43 Å². The van der Waals surface area contributed by atoms with Crippen molar-refractivity contribution in [1.82, 2.24) is 20.5 Å². The molecule has 0 radical (unpaired) electrons. The maximum atomic E-state index is 14.5. The Morgan fingerprint density at radius 1 is 0.982 bits per heavy atom. The van der Waals surface area contributed by atoms with Gasteiger partial charge in [0, 0.05) is 56.5 Å². The Bertz CT molecular complexity index is 2180. The van der Waals surface area contributed by atoms with Gasteiger partial charge < -0.3 is 29.3 Å². The second-order valence-corrected chi connectivity index (χ2v) is 15.0. The molecule has 6 rings (SSSR count). The number of nitrogens with zero attached hydrogens (tertiary/aromatic N) is 3. The normalized spacial score (nSPS) is 17.3. The Balaban J connectivity index is 1.12. The predicted octanol–water partition coefficient (Wildman–Crippen LogP) is 6.18. The molecule has 3 amide bonds. The van der Waals surface area contributed by atoms with E-state index in [1.807, 2.05) is 55.3 Å². The quantitative estimate of drug-likeness (QED) is 0.143. The molecule has 2 heterocycles. The fourth-order valence-corrected chi connectivity index (χ4v) is 8.12. The van der Waals surface area contributed by atoms with Crippen molar-refractivity contribution in [2.24, 2.45) is 5.10 Å². The number of ether oxygens (including phenoxy) is 3. The summed E-state index contributed by atoms with van der Waals surface area (Å²) in [6, 6.07) is 27.0. The molecule has 4 aromatic rings. The molecule has 0 saturated heterocycles. The maximum Gasteiger partial charge on any atom is 0.303 e. The number of benzene rings is 4. The number of hydrazone groups is 1. The second kappa shape index (κ2) is 18.5. The zero-order chi connectivity index (χ0) is 39.8. The summed E-state index contributed by atoms with van der Waals surface area (Å²) in [5.41, 5.74) is 6.50. The first-order chi connectivity index (χ1) is 27.0. The van der Waals surface area contributed by atoms with Crippen LogP contribution >= 0.6 is 23.4 Å². The van der Waals surface area contributed by atoms with Crippen LogP contribution in [0.15, 0.2) is 95.7 Å². The molecule has 0 spiro atoms. The van der Waals surface area contributed by atoms with Crippen molar-refractivity contribution in [3.8, 4) is 11.5 Å². The van der Waals surface area contributed by atoms with Crippen LogP contribution in [-0.4, -0.2) is 92.2 Å². The van der Waals surface area contributed by atoms with Gasteiger partial charge in [-0.3, -0.25) is 19.2 Å². The molecule has 4 aromatic carbocycles. The highest BCUT2D eigenvalue weighted by Crippen LogP contribution is 2.48. The van der Waals surface area contributed by atoms with Gasteiger partial charge in [0.1, 0.15) is 11.5 Å². The van der Waals surface area contributed by atoms with Crippen LogP contribution in [0, 0.1) is 0 Å². The third kappa shape index (κ3) is 9.89. The van der Waals surface area contributed by atoms with Gasteiger partial charge in [-0.1, -0.05) is 60.1 Å². The lowest BCUT2D eigenvalue weighted by Crippen LogP contribution is -2.45. The molecule has 14 heteroatoms. The van der Waals surface area contributed by atoms with E-state index < -0.39 is 17.3 Å². The van der Waals surface area contributed by atoms with Crippen LogP contribution in [0.4, 0.5) is 0 Å². The zero-order valence-electron chi connectivity index (χ0n) is 31.7. The van der Waals surface area contributed by atoms with E-state index in [0.717, 1.165) is 43.8 Å². The molecule has 0 bridgehead atoms. The van der Waals surface area contributed by atoms with Gasteiger partial charge in [0.15, 0.2) is 12.7 Å². The van der Waals surface area contributed by atoms with E-state index in [4.69, 9.17) is 25.8 Å². The first kappa shape index (κ1) is 40.3. The fourth-order valence-electron chi connectivity index (χ4n) is 6.50. The Kier molecular flexibility index (Phi) is 13.3. The van der Waals surface area contributed by atoms with E-state index in [1.54, 1.807) is 30.2 Å². The fraction of sp³-hybridized carbons (Fsp3) is 0.310. The molecule has 0 aliphatic carbocycles. The van der Waals surface area contributed by atoms with E-state index in [2.05, 4.69) is 46.2 Å². The van der Waals surface area contributed by atoms with Gasteiger partial charge in [-0.05, 0) is 77.8 Å². The number of fused-ring (bicyclic) bond motifs is 1. The largest absolute Gasteiger partial charge is 0.497 e. The van der Waals surface area contributed by atoms with Crippen LogP contribution in [-0.2, 0) is 23.9 Å². The molecule has 0 fully saturated rings. The van der Waals surface area contributed by atoms with Crippen LogP contribution in [0.25, 0.3) is 15.7 Å². The lowest BCUT2D eigenvalue weighted by molar-refractivity contribution is -0.157. The first-order valence-electron chi connectivity index (χ1n) is 18.2. The van der Waals surface area contributed by atoms with Crippen LogP contribution in [0.2, 0.25) is 5.02 Å². The minimum atomic E-state index is -1.09. The van der Waals surface area contributed by atoms with Crippen LogP contribution in [0.1, 0.15) is 48.6 Å². The lowest BCUT2D eigenvalue weighted by atomic mass is 10.0. The third-order valence-electron chi connectivity index (χ3n) is 9.56. The SMILES string of the molecule is COc1ccc([C@@H]2SC(c3ccc4ccccc4c3)=C(C)N(CCN(C)CCNC(=O)COc3ccc(C4=NNC(=O)CC4)cc3Cl)C(=O)[C@@H]2OC(C)=O)cc1. The number of halogens is 1. The summed E-state index contributed by atoms with van der Waals surface area (Å²) in [6.07, 6.45) is -0.224. The van der Waals surface area contributed by atoms with Crippen molar-refractivity contribution in [2.45, 2.75) is 38.0 Å². The summed E-state index contributed by atoms with van der Waals surface area (Å²) in [7, 11) is 3.51. The second-order valence-electron chi connectivity index (χ2n) is 13.5. The summed E-state index contributed by atoms with van der Waals surface area (Å²) in [5.74, 6) is -0.267. The molecule has 2 N–H and O–H groups in total. The minimum Gasteiger partial charge on any atom is -0.497 e. The third-order valence-corrected chi connectivity index (χ3v) is 11.4. The Morgan fingerprint density at radius 2 is 1.73 bits per heavy atom. The van der Waals surface area contributed by atoms with Gasteiger partial charge in [-0.15, -0.1) is 11.8 Å². The molecule has 292 valence electrons. The number of allylic oxidation sites excluding steroid dienone is 1. The molecule has 0 saturated carbocycles. The lowest BCUT2D eigenvalue weighted by Gasteiger charge is -2.29. The topological polar surface area (TPSA) is 139 Å². The van der Waals surface area contributed by atoms with Gasteiger partial charge in [0.05, 0.1) is 23.1 Å². The summed E-state index contributed by atoms with van der Waals surface area (Å²) >= 11 is 7.93. The molecule has 2 aliphatic rings. The van der Waals surface area contributed by atoms with Crippen molar-refractivity contribution in [3.05, 3.63) is 112 Å². The molecule has 0 unspecified atom stereocenters. The Hall–Kier alpha value is -5.37. The summed E-state index contributed by atoms with van der Waals surface area (Å²) in [5, 5.41) is 8.93. The predicted molar refractivity (Wildman–Crippen MR) is 219 cm³/mol. The highest BCUT2D eigenvalue weighted by molar-refractivity contribution is 8.08. The summed E-state index contributed by atoms with van der Waals surface area (Å²) in [4.78, 5) is 55.7. The average Bonchev–Trinajstić information content (AvgIpc) is 3.29. The number of hydrogen-bond acceptors (Lipinski definition) is 10. The van der Waals surface area contributed by atoms with Gasteiger partial charge in [-0.2, -0.15) is 5.10 Å². The van der Waals surface area contributed by atoms with Crippen molar-refractivity contribution in [3.63, 3.8) is 0 Å². The summed E-state index contributed by atoms with van der Waals surface area (Å²) in [6.45, 7) is 4.65. The number of likely N-dealkylation sites (N-methyl/N-ethyl adjacent to an activating group) is 1. The number of amides is 3. The van der Waals surface area contributed by atoms with E-state index >= 15 is 0 Å². The number of esters is 1. The number of carbonyl (C=O) groups is 4. The van der Waals surface area contributed by atoms with Crippen LogP contribution < -0.4 is 20.2 Å². The van der Waals surface area contributed by atoms with Gasteiger partial charge >= 0.3 is 5.97 Å². The van der Waals surface area contributed by atoms with Gasteiger partial charge in [0.25, 0.3) is 11.8 Å². The Labute approximate surface area is 335 Å². The average molecular weight is 798 g/mol. The standard InChI is InChI=1S/C42H44ClN5O7S/c1-26-40(32-10-9-28-7-5-6-8-30(28)23-32)56-41(29-11-14-33(53-4)15-12-29)39(55-27(2)49)42(52)48(26)22-21-47(3)20-19-44-38(51)25-54-36-17-13-31(24-34(36)43)35-16-18-37(50)46-45-35/h5-15,17,23-24,39,41H,16,18-22,25H2,1-4H3,(H,44,51)(H,46,50)/t39-,41+/m1/s1. The number of methoxy groups -OCH3 is 1. The van der Waals surface area contributed by atoms with E-state index in [1.165, 1.54) is 18.7 Å².